The predicted molar refractivity (Wildman–Crippen MR) is 75.6 cm³/mol. The number of aromatic amines is 2. The molecule has 3 rings (SSSR count). The van der Waals surface area contributed by atoms with E-state index in [0.717, 1.165) is 5.69 Å². The number of aromatic nitrogens is 4. The van der Waals surface area contributed by atoms with Crippen molar-refractivity contribution in [3.63, 3.8) is 0 Å². The zero-order valence-electron chi connectivity index (χ0n) is 10.4. The van der Waals surface area contributed by atoms with Gasteiger partial charge in [0.05, 0.1) is 0 Å². The zero-order chi connectivity index (χ0) is 14.8. The fourth-order valence-electron chi connectivity index (χ4n) is 1.22. The molecular formula is C11H13BN5O3. The van der Waals surface area contributed by atoms with Gasteiger partial charge in [0, 0.05) is 18.1 Å². The number of nitrogens with two attached hydrogens (primary N) is 1. The van der Waals surface area contributed by atoms with Gasteiger partial charge in [0.1, 0.15) is 0 Å². The first-order valence-corrected chi connectivity index (χ1v) is 5.47. The van der Waals surface area contributed by atoms with Gasteiger partial charge in [-0.25, -0.2) is 14.8 Å². The van der Waals surface area contributed by atoms with Crippen LogP contribution in [0.5, 0.6) is 0 Å². The van der Waals surface area contributed by atoms with Gasteiger partial charge in [-0.1, -0.05) is 18.2 Å². The number of fused-ring (bicyclic) bond motifs is 1. The average molecular weight is 274 g/mol. The normalized spacial score (nSPS) is 8.90. The number of nitrogens with one attached hydrogen (secondary N) is 2. The summed E-state index contributed by atoms with van der Waals surface area (Å²) >= 11 is 0. The van der Waals surface area contributed by atoms with Crippen molar-refractivity contribution in [1.82, 2.24) is 19.9 Å². The molecule has 0 spiro atoms. The Morgan fingerprint density at radius 3 is 1.80 bits per heavy atom. The van der Waals surface area contributed by atoms with Crippen molar-refractivity contribution in [3.8, 4) is 0 Å². The Morgan fingerprint density at radius 1 is 1.00 bits per heavy atom. The molecule has 3 aromatic rings. The summed E-state index contributed by atoms with van der Waals surface area (Å²) in [6, 6.07) is 9.49. The largest absolute Gasteiger partial charge is 0.482 e. The van der Waals surface area contributed by atoms with E-state index in [0.29, 0.717) is 11.3 Å². The minimum atomic E-state index is -0.277. The van der Waals surface area contributed by atoms with Crippen LogP contribution < -0.4 is 11.4 Å². The number of nitrogen functional groups attached to an aromatic ring is 1. The third kappa shape index (κ3) is 5.33. The van der Waals surface area contributed by atoms with Gasteiger partial charge in [-0.15, -0.1) is 0 Å². The first kappa shape index (κ1) is 15.4. The van der Waals surface area contributed by atoms with E-state index < -0.39 is 0 Å². The van der Waals surface area contributed by atoms with E-state index in [-0.39, 0.29) is 13.4 Å². The molecule has 9 heteroatoms. The second-order valence-electron chi connectivity index (χ2n) is 3.36. The van der Waals surface area contributed by atoms with Crippen LogP contribution in [0.2, 0.25) is 0 Å². The van der Waals surface area contributed by atoms with Crippen LogP contribution in [0.1, 0.15) is 0 Å². The van der Waals surface area contributed by atoms with Crippen LogP contribution >= 0.6 is 0 Å². The summed E-state index contributed by atoms with van der Waals surface area (Å²) in [4.78, 5) is 23.3. The molecule has 20 heavy (non-hydrogen) atoms. The van der Waals surface area contributed by atoms with Crippen LogP contribution in [0.25, 0.3) is 11.3 Å². The molecule has 2 heterocycles. The molecule has 8 nitrogen and oxygen atoms in total. The quantitative estimate of drug-likeness (QED) is 0.274. The number of para-hydroxylation sites is 1. The lowest BCUT2D eigenvalue weighted by Gasteiger charge is -1.83. The van der Waals surface area contributed by atoms with E-state index in [2.05, 4.69) is 19.9 Å². The van der Waals surface area contributed by atoms with Gasteiger partial charge in [0.15, 0.2) is 11.3 Å². The van der Waals surface area contributed by atoms with Gasteiger partial charge in [-0.3, -0.25) is 9.97 Å². The van der Waals surface area contributed by atoms with Crippen molar-refractivity contribution in [1.29, 1.82) is 0 Å². The van der Waals surface area contributed by atoms with E-state index >= 15 is 0 Å². The molecule has 0 atom stereocenters. The second kappa shape index (κ2) is 8.46. The van der Waals surface area contributed by atoms with Gasteiger partial charge >= 0.3 is 13.4 Å². The first-order chi connectivity index (χ1) is 9.67. The third-order valence-corrected chi connectivity index (χ3v) is 1.96. The summed E-state index contributed by atoms with van der Waals surface area (Å²) in [5.74, 6) is 0. The van der Waals surface area contributed by atoms with E-state index in [4.69, 9.17) is 15.8 Å². The summed E-state index contributed by atoms with van der Waals surface area (Å²) in [7, 11) is 0. The second-order valence-corrected chi connectivity index (χ2v) is 3.36. The maximum Gasteiger partial charge on any atom is 0.482 e. The number of imidazole rings is 1. The Labute approximate surface area is 114 Å². The number of nitrogens with zero attached hydrogens (tertiary/aromatic N) is 2. The fourth-order valence-corrected chi connectivity index (χ4v) is 1.22. The van der Waals surface area contributed by atoms with Crippen molar-refractivity contribution >= 4 is 24.7 Å². The summed E-state index contributed by atoms with van der Waals surface area (Å²) in [5.41, 5.74) is 6.89. The highest BCUT2D eigenvalue weighted by atomic mass is 16.4. The van der Waals surface area contributed by atoms with Crippen molar-refractivity contribution in [2.24, 2.45) is 0 Å². The maximum atomic E-state index is 10.6. The minimum Gasteiger partial charge on any atom is -0.429 e. The summed E-state index contributed by atoms with van der Waals surface area (Å²) < 4.78 is 0. The highest BCUT2D eigenvalue weighted by molar-refractivity contribution is 6.13. The lowest BCUT2D eigenvalue weighted by atomic mass is 10.3. The van der Waals surface area contributed by atoms with Crippen LogP contribution in [0.3, 0.4) is 0 Å². The van der Waals surface area contributed by atoms with Crippen LogP contribution in [0.15, 0.2) is 47.5 Å². The Morgan fingerprint density at radius 2 is 1.45 bits per heavy atom. The molecule has 0 fully saturated rings. The molecule has 0 unspecified atom stereocenters. The summed E-state index contributed by atoms with van der Waals surface area (Å²) in [5, 5.41) is 14.0. The van der Waals surface area contributed by atoms with Crippen molar-refractivity contribution < 1.29 is 10.0 Å². The molecule has 0 bridgehead atoms. The Bertz CT molecular complexity index is 634. The van der Waals surface area contributed by atoms with Gasteiger partial charge < -0.3 is 15.8 Å². The molecule has 0 aliphatic carbocycles. The smallest absolute Gasteiger partial charge is 0.429 e. The number of hydrogen-bond donors (Lipinski definition) is 5. The van der Waals surface area contributed by atoms with Crippen molar-refractivity contribution in [2.75, 3.05) is 5.73 Å². The Balaban J connectivity index is 0.000000176. The number of rotatable bonds is 0. The molecule has 0 amide bonds. The van der Waals surface area contributed by atoms with Crippen LogP contribution in [0, 0.1) is 0 Å². The third-order valence-electron chi connectivity index (χ3n) is 1.96. The average Bonchev–Trinajstić information content (AvgIpc) is 2.81. The van der Waals surface area contributed by atoms with E-state index in [1.807, 2.05) is 30.3 Å². The minimum absolute atomic E-state index is 0. The topological polar surface area (TPSA) is 141 Å². The molecule has 0 saturated heterocycles. The first-order valence-electron chi connectivity index (χ1n) is 5.47. The van der Waals surface area contributed by atoms with E-state index in [1.165, 1.54) is 12.4 Å². The highest BCUT2D eigenvalue weighted by Gasteiger charge is 1.95. The molecule has 1 aromatic carbocycles. The predicted octanol–water partition coefficient (Wildman–Crippen LogP) is -0.580. The highest BCUT2D eigenvalue weighted by Crippen LogP contribution is 1.96. The standard InChI is InChI=1S/C6H7N.C5H4N4O.BH2O2/c7-6-4-2-1-3-5-6;10-5-8-3-4(9-5)7-2-1-6-3;2-1-3/h1-5H,7H2;1-2H,(H2,6,7,8,9,10);2-3H. The molecular weight excluding hydrogens is 261 g/mol. The molecule has 103 valence electrons. The molecule has 1 radical (unpaired) electrons. The number of anilines is 1. The maximum absolute atomic E-state index is 10.6. The lowest BCUT2D eigenvalue weighted by molar-refractivity contribution is 0.448. The monoisotopic (exact) mass is 274 g/mol. The number of hydrogen-bond acceptors (Lipinski definition) is 6. The number of benzene rings is 1. The van der Waals surface area contributed by atoms with E-state index in [1.54, 1.807) is 0 Å². The lowest BCUT2D eigenvalue weighted by Crippen LogP contribution is -1.99. The van der Waals surface area contributed by atoms with Crippen LogP contribution in [-0.4, -0.2) is 37.7 Å². The van der Waals surface area contributed by atoms with Crippen molar-refractivity contribution in [2.45, 2.75) is 0 Å². The van der Waals surface area contributed by atoms with Gasteiger partial charge in [-0.05, 0) is 12.1 Å². The molecule has 0 aliphatic heterocycles. The molecule has 2 aromatic heterocycles. The molecule has 0 saturated carbocycles. The van der Waals surface area contributed by atoms with Crippen LogP contribution in [-0.2, 0) is 0 Å². The fraction of sp³-hybridized carbons (Fsp3) is 0. The van der Waals surface area contributed by atoms with Gasteiger partial charge in [0.2, 0.25) is 0 Å². The SMILES string of the molecule is Nc1ccccc1.O=c1[nH]c2nccnc2[nH]1.O[B]O. The van der Waals surface area contributed by atoms with Gasteiger partial charge in [0.25, 0.3) is 0 Å². The summed E-state index contributed by atoms with van der Waals surface area (Å²) in [6.45, 7) is 0. The zero-order valence-corrected chi connectivity index (χ0v) is 10.4. The number of H-pyrrole nitrogens is 2. The van der Waals surface area contributed by atoms with Gasteiger partial charge in [-0.2, -0.15) is 0 Å². The Hall–Kier alpha value is -2.65. The van der Waals surface area contributed by atoms with Crippen LogP contribution in [0.4, 0.5) is 5.69 Å². The van der Waals surface area contributed by atoms with E-state index in [9.17, 15) is 4.79 Å². The Kier molecular flexibility index (Phi) is 6.52. The molecule has 6 N–H and O–H groups in total. The summed E-state index contributed by atoms with van der Waals surface area (Å²) in [6.07, 6.45) is 3.04. The van der Waals surface area contributed by atoms with Crippen molar-refractivity contribution in [3.05, 3.63) is 53.2 Å². The molecule has 0 aliphatic rings.